The number of benzene rings is 2. The lowest BCUT2D eigenvalue weighted by atomic mass is 10.1. The number of nitrogens with one attached hydrogen (secondary N) is 1. The van der Waals surface area contributed by atoms with E-state index in [0.29, 0.717) is 23.9 Å². The van der Waals surface area contributed by atoms with Gasteiger partial charge in [0.05, 0.1) is 16.1 Å². The van der Waals surface area contributed by atoms with Gasteiger partial charge in [-0.2, -0.15) is 0 Å². The molecule has 5 nitrogen and oxygen atoms in total. The van der Waals surface area contributed by atoms with E-state index in [1.54, 1.807) is 35.6 Å². The van der Waals surface area contributed by atoms with Crippen molar-refractivity contribution in [2.45, 2.75) is 13.3 Å². The van der Waals surface area contributed by atoms with Gasteiger partial charge in [0.2, 0.25) is 0 Å². The van der Waals surface area contributed by atoms with Crippen LogP contribution in [-0.2, 0) is 6.42 Å². The van der Waals surface area contributed by atoms with Gasteiger partial charge in [-0.05, 0) is 31.0 Å². The van der Waals surface area contributed by atoms with Crippen LogP contribution < -0.4 is 10.7 Å². The number of carbonyl (C=O) groups excluding carboxylic acids is 1. The predicted molar refractivity (Wildman–Crippen MR) is 111 cm³/mol. The summed E-state index contributed by atoms with van der Waals surface area (Å²) < 4.78 is 5.56. The maximum absolute atomic E-state index is 12.3. The number of carbonyl (C=O) groups is 1. The second kappa shape index (κ2) is 7.78. The molecule has 4 rings (SSSR count). The molecule has 140 valence electrons. The van der Waals surface area contributed by atoms with E-state index in [2.05, 4.69) is 10.3 Å². The Morgan fingerprint density at radius 3 is 2.68 bits per heavy atom. The van der Waals surface area contributed by atoms with E-state index in [9.17, 15) is 9.59 Å². The van der Waals surface area contributed by atoms with Gasteiger partial charge in [0, 0.05) is 23.6 Å². The van der Waals surface area contributed by atoms with E-state index in [1.165, 1.54) is 6.07 Å². The van der Waals surface area contributed by atoms with Crippen molar-refractivity contribution in [3.8, 4) is 11.3 Å². The van der Waals surface area contributed by atoms with Crippen LogP contribution in [0.15, 0.2) is 69.2 Å². The van der Waals surface area contributed by atoms with Crippen LogP contribution in [0, 0.1) is 6.92 Å². The first-order valence-electron chi connectivity index (χ1n) is 8.93. The van der Waals surface area contributed by atoms with Gasteiger partial charge >= 0.3 is 0 Å². The number of thiazole rings is 1. The van der Waals surface area contributed by atoms with Gasteiger partial charge < -0.3 is 9.73 Å². The van der Waals surface area contributed by atoms with E-state index < -0.39 is 5.91 Å². The number of aromatic nitrogens is 1. The fourth-order valence-electron chi connectivity index (χ4n) is 2.96. The molecule has 0 bridgehead atoms. The molecule has 2 aromatic heterocycles. The molecule has 1 N–H and O–H groups in total. The van der Waals surface area contributed by atoms with E-state index in [-0.39, 0.29) is 11.2 Å². The second-order valence-electron chi connectivity index (χ2n) is 6.43. The zero-order valence-corrected chi connectivity index (χ0v) is 16.1. The van der Waals surface area contributed by atoms with E-state index >= 15 is 0 Å². The highest BCUT2D eigenvalue weighted by Crippen LogP contribution is 2.21. The van der Waals surface area contributed by atoms with Crippen molar-refractivity contribution in [1.82, 2.24) is 10.3 Å². The van der Waals surface area contributed by atoms with Gasteiger partial charge in [-0.3, -0.25) is 9.59 Å². The van der Waals surface area contributed by atoms with Gasteiger partial charge in [0.15, 0.2) is 11.2 Å². The molecule has 4 aromatic rings. The summed E-state index contributed by atoms with van der Waals surface area (Å²) in [5.41, 5.74) is 3.35. The standard InChI is InChI=1S/C22H18N2O3S/c1-14-24-18(13-28-14)16-8-6-15(7-9-16)10-11-23-22(26)21-12-19(25)17-4-2-3-5-20(17)27-21/h2-9,12-13H,10-11H2,1H3,(H,23,26). The van der Waals surface area contributed by atoms with Crippen molar-refractivity contribution in [2.75, 3.05) is 6.54 Å². The van der Waals surface area contributed by atoms with Crippen LogP contribution in [-0.4, -0.2) is 17.4 Å². The van der Waals surface area contributed by atoms with Crippen molar-refractivity contribution in [3.63, 3.8) is 0 Å². The lowest BCUT2D eigenvalue weighted by molar-refractivity contribution is 0.0927. The maximum atomic E-state index is 12.3. The SMILES string of the molecule is Cc1nc(-c2ccc(CCNC(=O)c3cc(=O)c4ccccc4o3)cc2)cs1. The molecular formula is C22H18N2O3S. The first-order chi connectivity index (χ1) is 13.6. The summed E-state index contributed by atoms with van der Waals surface area (Å²) in [6, 6.07) is 16.3. The molecule has 2 aromatic carbocycles. The van der Waals surface area contributed by atoms with Crippen LogP contribution in [0.25, 0.3) is 22.2 Å². The summed E-state index contributed by atoms with van der Waals surface area (Å²) in [5.74, 6) is -0.365. The fourth-order valence-corrected chi connectivity index (χ4v) is 3.58. The number of hydrogen-bond acceptors (Lipinski definition) is 5. The minimum Gasteiger partial charge on any atom is -0.451 e. The summed E-state index contributed by atoms with van der Waals surface area (Å²) >= 11 is 1.63. The lowest BCUT2D eigenvalue weighted by Gasteiger charge is -2.06. The van der Waals surface area contributed by atoms with Crippen molar-refractivity contribution in [1.29, 1.82) is 0 Å². The summed E-state index contributed by atoms with van der Waals surface area (Å²) in [5, 5.41) is 6.36. The number of nitrogens with zero attached hydrogens (tertiary/aromatic N) is 1. The molecule has 0 radical (unpaired) electrons. The topological polar surface area (TPSA) is 72.2 Å². The predicted octanol–water partition coefficient (Wildman–Crippen LogP) is 4.20. The fraction of sp³-hybridized carbons (Fsp3) is 0.136. The van der Waals surface area contributed by atoms with E-state index in [1.807, 2.05) is 36.6 Å². The Morgan fingerprint density at radius 2 is 1.93 bits per heavy atom. The number of amides is 1. The lowest BCUT2D eigenvalue weighted by Crippen LogP contribution is -2.26. The Bertz CT molecular complexity index is 1190. The van der Waals surface area contributed by atoms with Crippen molar-refractivity contribution in [2.24, 2.45) is 0 Å². The zero-order valence-electron chi connectivity index (χ0n) is 15.3. The molecule has 28 heavy (non-hydrogen) atoms. The van der Waals surface area contributed by atoms with Gasteiger partial charge in [-0.25, -0.2) is 4.98 Å². The smallest absolute Gasteiger partial charge is 0.287 e. The van der Waals surface area contributed by atoms with Crippen LogP contribution >= 0.6 is 11.3 Å². The molecule has 0 aliphatic carbocycles. The monoisotopic (exact) mass is 390 g/mol. The molecule has 6 heteroatoms. The highest BCUT2D eigenvalue weighted by molar-refractivity contribution is 7.09. The average Bonchev–Trinajstić information content (AvgIpc) is 3.15. The summed E-state index contributed by atoms with van der Waals surface area (Å²) in [6.45, 7) is 2.44. The van der Waals surface area contributed by atoms with Gasteiger partial charge in [-0.15, -0.1) is 11.3 Å². The first kappa shape index (κ1) is 18.1. The largest absolute Gasteiger partial charge is 0.451 e. The van der Waals surface area contributed by atoms with Crippen LogP contribution in [0.3, 0.4) is 0 Å². The van der Waals surface area contributed by atoms with Gasteiger partial charge in [0.1, 0.15) is 5.58 Å². The Hall–Kier alpha value is -3.25. The number of fused-ring (bicyclic) bond motifs is 1. The maximum Gasteiger partial charge on any atom is 0.287 e. The molecule has 0 unspecified atom stereocenters. The minimum atomic E-state index is -0.391. The summed E-state index contributed by atoms with van der Waals surface area (Å²) in [4.78, 5) is 28.9. The molecule has 0 aliphatic heterocycles. The average molecular weight is 390 g/mol. The molecule has 0 saturated heterocycles. The molecular weight excluding hydrogens is 372 g/mol. The number of para-hydroxylation sites is 1. The zero-order chi connectivity index (χ0) is 19.5. The third-order valence-electron chi connectivity index (χ3n) is 4.43. The van der Waals surface area contributed by atoms with Crippen molar-refractivity contribution in [3.05, 3.63) is 86.5 Å². The second-order valence-corrected chi connectivity index (χ2v) is 7.49. The molecule has 0 fully saturated rings. The van der Waals surface area contributed by atoms with Crippen molar-refractivity contribution >= 4 is 28.2 Å². The Morgan fingerprint density at radius 1 is 1.14 bits per heavy atom. The first-order valence-corrected chi connectivity index (χ1v) is 9.81. The summed E-state index contributed by atoms with van der Waals surface area (Å²) in [7, 11) is 0. The normalized spacial score (nSPS) is 10.9. The Labute approximate surface area is 165 Å². The van der Waals surface area contributed by atoms with Crippen LogP contribution in [0.1, 0.15) is 21.1 Å². The molecule has 2 heterocycles. The van der Waals surface area contributed by atoms with Crippen LogP contribution in [0.4, 0.5) is 0 Å². The number of aryl methyl sites for hydroxylation is 1. The van der Waals surface area contributed by atoms with Gasteiger partial charge in [-0.1, -0.05) is 36.4 Å². The van der Waals surface area contributed by atoms with E-state index in [4.69, 9.17) is 4.42 Å². The highest BCUT2D eigenvalue weighted by atomic mass is 32.1. The molecule has 1 amide bonds. The quantitative estimate of drug-likeness (QED) is 0.554. The molecule has 0 atom stereocenters. The van der Waals surface area contributed by atoms with Crippen molar-refractivity contribution < 1.29 is 9.21 Å². The van der Waals surface area contributed by atoms with Crippen LogP contribution in [0.2, 0.25) is 0 Å². The molecule has 0 aliphatic rings. The Balaban J connectivity index is 1.38. The Kier molecular flexibility index (Phi) is 5.04. The molecule has 0 spiro atoms. The number of rotatable bonds is 5. The highest BCUT2D eigenvalue weighted by Gasteiger charge is 2.11. The minimum absolute atomic E-state index is 0.0259. The van der Waals surface area contributed by atoms with Gasteiger partial charge in [0.25, 0.3) is 5.91 Å². The van der Waals surface area contributed by atoms with E-state index in [0.717, 1.165) is 21.8 Å². The van der Waals surface area contributed by atoms with Crippen LogP contribution in [0.5, 0.6) is 0 Å². The third-order valence-corrected chi connectivity index (χ3v) is 5.20. The summed E-state index contributed by atoms with van der Waals surface area (Å²) in [6.07, 6.45) is 0.680. The number of hydrogen-bond donors (Lipinski definition) is 1. The third kappa shape index (κ3) is 3.87. The molecule has 0 saturated carbocycles.